The fourth-order valence-corrected chi connectivity index (χ4v) is 2.83. The Morgan fingerprint density at radius 1 is 1.22 bits per heavy atom. The maximum Gasteiger partial charge on any atom is 0.305 e. The van der Waals surface area contributed by atoms with Crippen LogP contribution in [0.4, 0.5) is 0 Å². The molecule has 0 amide bonds. The van der Waals surface area contributed by atoms with Crippen LogP contribution in [0.2, 0.25) is 0 Å². The summed E-state index contributed by atoms with van der Waals surface area (Å²) in [4.78, 5) is 38.1. The number of aliphatic hydroxyl groups is 1. The first-order valence-electron chi connectivity index (χ1n) is 8.07. The molecule has 1 heterocycles. The highest BCUT2D eigenvalue weighted by Crippen LogP contribution is 2.32. The Balaban J connectivity index is 2.36. The number of rotatable bonds is 6. The second kappa shape index (κ2) is 8.63. The second-order valence-electron chi connectivity index (χ2n) is 5.97. The summed E-state index contributed by atoms with van der Waals surface area (Å²) >= 11 is 0. The topological polar surface area (TPSA) is 148 Å². The van der Waals surface area contributed by atoms with Gasteiger partial charge in [-0.3, -0.25) is 14.4 Å². The van der Waals surface area contributed by atoms with E-state index >= 15 is 0 Å². The van der Waals surface area contributed by atoms with E-state index in [9.17, 15) is 19.5 Å². The van der Waals surface area contributed by atoms with Crippen LogP contribution in [0.15, 0.2) is 29.4 Å². The van der Waals surface area contributed by atoms with Crippen LogP contribution < -0.4 is 0 Å². The van der Waals surface area contributed by atoms with Crippen LogP contribution in [0, 0.1) is 6.92 Å². The average molecular weight is 377 g/mol. The number of carbonyl (C=O) groups is 3. The Labute approximate surface area is 154 Å². The molecule has 0 aromatic heterocycles. The van der Waals surface area contributed by atoms with Crippen molar-refractivity contribution in [3.8, 4) is 0 Å². The van der Waals surface area contributed by atoms with Gasteiger partial charge in [0.15, 0.2) is 11.9 Å². The molecule has 0 spiro atoms. The molecule has 10 nitrogen and oxygen atoms in total. The Morgan fingerprint density at radius 3 is 2.41 bits per heavy atom. The number of aryl methyl sites for hydroxylation is 1. The van der Waals surface area contributed by atoms with Crippen LogP contribution in [-0.4, -0.2) is 47.4 Å². The molecule has 2 unspecified atom stereocenters. The normalized spacial score (nSPS) is 25.2. The molecule has 1 aliphatic rings. The van der Waals surface area contributed by atoms with E-state index in [-0.39, 0.29) is 0 Å². The molecule has 0 saturated carbocycles. The van der Waals surface area contributed by atoms with Crippen molar-refractivity contribution in [3.63, 3.8) is 0 Å². The number of aliphatic hydroxyl groups excluding tert-OH is 1. The highest BCUT2D eigenvalue weighted by molar-refractivity contribution is 5.89. The molecule has 1 aromatic rings. The number of nitrogens with zero attached hydrogens (tertiary/aromatic N) is 3. The number of hydrogen-bond donors (Lipinski definition) is 1. The molecule has 0 radical (unpaired) electrons. The van der Waals surface area contributed by atoms with Crippen LogP contribution in [0.3, 0.4) is 0 Å². The summed E-state index contributed by atoms with van der Waals surface area (Å²) in [5.74, 6) is -2.30. The fourth-order valence-electron chi connectivity index (χ4n) is 2.83. The largest absolute Gasteiger partial charge is 0.455 e. The van der Waals surface area contributed by atoms with Crippen LogP contribution in [0.5, 0.6) is 0 Å². The summed E-state index contributed by atoms with van der Waals surface area (Å²) in [6.45, 7) is 3.93. The Morgan fingerprint density at radius 2 is 1.85 bits per heavy atom. The molecule has 1 saturated heterocycles. The molecule has 1 fully saturated rings. The van der Waals surface area contributed by atoms with Crippen LogP contribution >= 0.6 is 0 Å². The van der Waals surface area contributed by atoms with Gasteiger partial charge in [-0.1, -0.05) is 29.4 Å². The summed E-state index contributed by atoms with van der Waals surface area (Å²) in [5, 5.41) is 13.9. The highest BCUT2D eigenvalue weighted by atomic mass is 16.7. The molecule has 0 bridgehead atoms. The first-order chi connectivity index (χ1) is 12.8. The molecule has 1 N–H and O–H groups in total. The molecule has 1 aromatic carbocycles. The van der Waals surface area contributed by atoms with Gasteiger partial charge in [-0.25, -0.2) is 0 Å². The van der Waals surface area contributed by atoms with E-state index in [4.69, 9.17) is 19.7 Å². The van der Waals surface area contributed by atoms with E-state index in [1.807, 2.05) is 0 Å². The van der Waals surface area contributed by atoms with Gasteiger partial charge in [-0.2, -0.15) is 0 Å². The first-order valence-corrected chi connectivity index (χ1v) is 8.07. The molecule has 10 heteroatoms. The summed E-state index contributed by atoms with van der Waals surface area (Å²) in [6.07, 6.45) is -5.80. The molecule has 5 atom stereocenters. The van der Waals surface area contributed by atoms with Gasteiger partial charge < -0.3 is 19.3 Å². The lowest BCUT2D eigenvalue weighted by molar-refractivity contribution is -0.195. The van der Waals surface area contributed by atoms with Crippen molar-refractivity contribution in [1.82, 2.24) is 0 Å². The van der Waals surface area contributed by atoms with E-state index in [0.29, 0.717) is 11.1 Å². The lowest BCUT2D eigenvalue weighted by Gasteiger charge is -2.20. The zero-order chi connectivity index (χ0) is 20.1. The monoisotopic (exact) mass is 377 g/mol. The Bertz CT molecular complexity index is 790. The third-order valence-electron chi connectivity index (χ3n) is 4.00. The number of carbonyl (C=O) groups excluding carboxylic acids is 3. The zero-order valence-electron chi connectivity index (χ0n) is 14.9. The van der Waals surface area contributed by atoms with Crippen molar-refractivity contribution in [1.29, 1.82) is 0 Å². The number of esters is 2. The van der Waals surface area contributed by atoms with Crippen molar-refractivity contribution < 1.29 is 33.7 Å². The van der Waals surface area contributed by atoms with Crippen molar-refractivity contribution >= 4 is 17.7 Å². The minimum absolute atomic E-state index is 0.353. The van der Waals surface area contributed by atoms with Gasteiger partial charge in [-0.15, -0.1) is 0 Å². The van der Waals surface area contributed by atoms with Crippen molar-refractivity contribution in [2.75, 3.05) is 0 Å². The van der Waals surface area contributed by atoms with Gasteiger partial charge in [0.2, 0.25) is 6.29 Å². The van der Waals surface area contributed by atoms with Gasteiger partial charge in [0.05, 0.1) is 0 Å². The van der Waals surface area contributed by atoms with E-state index in [1.165, 1.54) is 0 Å². The number of hydrogen-bond acceptors (Lipinski definition) is 8. The predicted octanol–water partition coefficient (Wildman–Crippen LogP) is 1.50. The summed E-state index contributed by atoms with van der Waals surface area (Å²) < 4.78 is 15.4. The Kier molecular flexibility index (Phi) is 6.51. The van der Waals surface area contributed by atoms with Crippen LogP contribution in [-0.2, 0) is 28.6 Å². The minimum atomic E-state index is -1.57. The predicted molar refractivity (Wildman–Crippen MR) is 90.1 cm³/mol. The van der Waals surface area contributed by atoms with Gasteiger partial charge in [0.25, 0.3) is 0 Å². The van der Waals surface area contributed by atoms with Gasteiger partial charge in [0, 0.05) is 18.8 Å². The van der Waals surface area contributed by atoms with Crippen LogP contribution in [0.1, 0.15) is 31.1 Å². The van der Waals surface area contributed by atoms with Crippen molar-refractivity contribution in [2.24, 2.45) is 5.11 Å². The van der Waals surface area contributed by atoms with Gasteiger partial charge in [0.1, 0.15) is 18.2 Å². The van der Waals surface area contributed by atoms with Crippen molar-refractivity contribution in [2.45, 2.75) is 51.4 Å². The fraction of sp³-hybridized carbons (Fsp3) is 0.471. The van der Waals surface area contributed by atoms with Gasteiger partial charge in [-0.05, 0) is 23.6 Å². The first kappa shape index (κ1) is 20.4. The molecule has 1 aliphatic heterocycles. The van der Waals surface area contributed by atoms with E-state index in [1.54, 1.807) is 31.2 Å². The summed E-state index contributed by atoms with van der Waals surface area (Å²) in [6, 6.07) is 5.38. The third kappa shape index (κ3) is 4.62. The minimum Gasteiger partial charge on any atom is -0.455 e. The third-order valence-corrected chi connectivity index (χ3v) is 4.00. The number of Topliss-reactive ketones (excluding diaryl/α,β-unsaturated/α-hetero) is 1. The van der Waals surface area contributed by atoms with E-state index in [2.05, 4.69) is 10.0 Å². The Hall–Kier alpha value is -2.94. The highest BCUT2D eigenvalue weighted by Gasteiger charge is 2.52. The number of benzene rings is 1. The maximum atomic E-state index is 12.8. The van der Waals surface area contributed by atoms with E-state index in [0.717, 1.165) is 13.8 Å². The zero-order valence-corrected chi connectivity index (χ0v) is 14.9. The van der Waals surface area contributed by atoms with Gasteiger partial charge >= 0.3 is 11.9 Å². The quantitative estimate of drug-likeness (QED) is 0.342. The summed E-state index contributed by atoms with van der Waals surface area (Å²) in [5.41, 5.74) is 9.85. The molecule has 2 rings (SSSR count). The molecule has 0 aliphatic carbocycles. The molecule has 27 heavy (non-hydrogen) atoms. The molecular weight excluding hydrogens is 358 g/mol. The van der Waals surface area contributed by atoms with Crippen molar-refractivity contribution in [3.05, 3.63) is 45.8 Å². The maximum absolute atomic E-state index is 12.8. The lowest BCUT2D eigenvalue weighted by Crippen LogP contribution is -2.40. The number of azide groups is 1. The molecule has 144 valence electrons. The van der Waals surface area contributed by atoms with Crippen LogP contribution in [0.25, 0.3) is 10.4 Å². The summed E-state index contributed by atoms with van der Waals surface area (Å²) in [7, 11) is 0. The standard InChI is InChI=1S/C17H19N3O7/c1-8-6-4-5-7-11(8)13(23)14(24)15-12(19-20-18)16(25-9(2)21)17(27-15)26-10(3)22/h4-7,12-13,15-17,23H,1-3H3/t12-,13?,15+,16-,17?/m1/s1. The average Bonchev–Trinajstić information content (AvgIpc) is 2.91. The molecular formula is C17H19N3O7. The number of ether oxygens (including phenoxy) is 3. The second-order valence-corrected chi connectivity index (χ2v) is 5.97. The number of ketones is 1. The lowest BCUT2D eigenvalue weighted by atomic mass is 9.94. The van der Waals surface area contributed by atoms with E-state index < -0.39 is 48.4 Å². The SMILES string of the molecule is CC(=O)OC1O[C@H](C(=O)C(O)c2ccccc2C)[C@@H](N=[N+]=[N-])[C@H]1OC(C)=O. The smallest absolute Gasteiger partial charge is 0.305 e.